The molecule has 2 N–H and O–H groups in total. The van der Waals surface area contributed by atoms with Crippen molar-refractivity contribution in [1.82, 2.24) is 9.78 Å². The smallest absolute Gasteiger partial charge is 0.413 e. The van der Waals surface area contributed by atoms with E-state index in [-0.39, 0.29) is 12.3 Å². The highest BCUT2D eigenvalue weighted by Crippen LogP contribution is 2.18. The van der Waals surface area contributed by atoms with Crippen LogP contribution < -0.4 is 5.32 Å². The maximum atomic E-state index is 11.7. The fourth-order valence-corrected chi connectivity index (χ4v) is 1.86. The molecule has 1 aromatic heterocycles. The Morgan fingerprint density at radius 2 is 2.00 bits per heavy atom. The monoisotopic (exact) mass is 289 g/mol. The van der Waals surface area contributed by atoms with Crippen LogP contribution in [0.2, 0.25) is 0 Å². The largest absolute Gasteiger partial charge is 0.476 e. The Kier molecular flexibility index (Phi) is 4.22. The number of benzene rings is 1. The first kappa shape index (κ1) is 14.6. The van der Waals surface area contributed by atoms with E-state index in [0.29, 0.717) is 11.4 Å². The van der Waals surface area contributed by atoms with Gasteiger partial charge in [0.05, 0.1) is 0 Å². The second kappa shape index (κ2) is 6.08. The molecule has 0 saturated heterocycles. The maximum Gasteiger partial charge on any atom is 0.413 e. The number of rotatable bonds is 4. The summed E-state index contributed by atoms with van der Waals surface area (Å²) < 4.78 is 6.37. The SMILES string of the molecule is Cc1c(C(=O)O)nn(C)c1NC(=O)OCc1ccccc1. The third kappa shape index (κ3) is 3.38. The molecule has 0 aliphatic rings. The van der Waals surface area contributed by atoms with E-state index in [1.54, 1.807) is 14.0 Å². The van der Waals surface area contributed by atoms with E-state index in [1.165, 1.54) is 4.68 Å². The van der Waals surface area contributed by atoms with E-state index in [9.17, 15) is 9.59 Å². The molecule has 0 spiro atoms. The number of nitrogens with one attached hydrogen (secondary N) is 1. The molecule has 0 aliphatic carbocycles. The number of carbonyl (C=O) groups excluding carboxylic acids is 1. The number of hydrogen-bond acceptors (Lipinski definition) is 4. The summed E-state index contributed by atoms with van der Waals surface area (Å²) in [5, 5.41) is 15.3. The molecule has 0 saturated carbocycles. The molecular weight excluding hydrogens is 274 g/mol. The Labute approximate surface area is 121 Å². The third-order valence-corrected chi connectivity index (χ3v) is 2.92. The molecule has 7 nitrogen and oxygen atoms in total. The van der Waals surface area contributed by atoms with Gasteiger partial charge in [-0.05, 0) is 12.5 Å². The van der Waals surface area contributed by atoms with Crippen LogP contribution in [-0.2, 0) is 18.4 Å². The van der Waals surface area contributed by atoms with E-state index in [2.05, 4.69) is 10.4 Å². The van der Waals surface area contributed by atoms with Gasteiger partial charge in [0.2, 0.25) is 0 Å². The predicted octanol–water partition coefficient (Wildman–Crippen LogP) is 2.18. The lowest BCUT2D eigenvalue weighted by molar-refractivity contribution is 0.0688. The van der Waals surface area contributed by atoms with Crippen molar-refractivity contribution in [2.75, 3.05) is 5.32 Å². The first-order valence-electron chi connectivity index (χ1n) is 6.23. The third-order valence-electron chi connectivity index (χ3n) is 2.92. The Bertz CT molecular complexity index is 664. The number of carbonyl (C=O) groups is 2. The van der Waals surface area contributed by atoms with Gasteiger partial charge in [-0.25, -0.2) is 9.59 Å². The molecule has 1 amide bonds. The zero-order valence-electron chi connectivity index (χ0n) is 11.7. The topological polar surface area (TPSA) is 93.5 Å². The summed E-state index contributed by atoms with van der Waals surface area (Å²) in [4.78, 5) is 22.7. The summed E-state index contributed by atoms with van der Waals surface area (Å²) in [6, 6.07) is 9.24. The number of hydrogen-bond donors (Lipinski definition) is 2. The van der Waals surface area contributed by atoms with Crippen LogP contribution in [0.1, 0.15) is 21.6 Å². The van der Waals surface area contributed by atoms with Gasteiger partial charge in [-0.1, -0.05) is 30.3 Å². The highest BCUT2D eigenvalue weighted by Gasteiger charge is 2.19. The van der Waals surface area contributed by atoms with Crippen molar-refractivity contribution in [2.45, 2.75) is 13.5 Å². The predicted molar refractivity (Wildman–Crippen MR) is 75.2 cm³/mol. The Morgan fingerprint density at radius 3 is 2.57 bits per heavy atom. The fourth-order valence-electron chi connectivity index (χ4n) is 1.86. The Hall–Kier alpha value is -2.83. The average molecular weight is 289 g/mol. The van der Waals surface area contributed by atoms with Crippen molar-refractivity contribution >= 4 is 17.9 Å². The molecule has 21 heavy (non-hydrogen) atoms. The van der Waals surface area contributed by atoms with Crippen molar-refractivity contribution in [3.05, 3.63) is 47.2 Å². The lowest BCUT2D eigenvalue weighted by Gasteiger charge is -2.08. The number of carboxylic acids is 1. The van der Waals surface area contributed by atoms with Gasteiger partial charge in [0.25, 0.3) is 0 Å². The summed E-state index contributed by atoms with van der Waals surface area (Å²) in [6.07, 6.45) is -0.665. The molecule has 0 radical (unpaired) electrons. The normalized spacial score (nSPS) is 10.2. The number of nitrogens with zero attached hydrogens (tertiary/aromatic N) is 2. The Morgan fingerprint density at radius 1 is 1.33 bits per heavy atom. The van der Waals surface area contributed by atoms with Gasteiger partial charge < -0.3 is 9.84 Å². The summed E-state index contributed by atoms with van der Waals surface area (Å²) in [5.74, 6) is -0.848. The second-order valence-electron chi connectivity index (χ2n) is 4.44. The minimum absolute atomic E-state index is 0.101. The number of aromatic carboxylic acids is 1. The number of aromatic nitrogens is 2. The fraction of sp³-hybridized carbons (Fsp3) is 0.214. The van der Waals surface area contributed by atoms with Crippen LogP contribution in [-0.4, -0.2) is 26.9 Å². The molecule has 0 aliphatic heterocycles. The first-order chi connectivity index (χ1) is 9.99. The second-order valence-corrected chi connectivity index (χ2v) is 4.44. The summed E-state index contributed by atoms with van der Waals surface area (Å²) >= 11 is 0. The zero-order chi connectivity index (χ0) is 15.4. The summed E-state index contributed by atoms with van der Waals surface area (Å²) in [6.45, 7) is 1.71. The average Bonchev–Trinajstić information content (AvgIpc) is 2.74. The van der Waals surface area contributed by atoms with E-state index in [1.807, 2.05) is 30.3 Å². The molecule has 2 aromatic rings. The number of anilines is 1. The molecule has 0 fully saturated rings. The number of carboxylic acid groups (broad SMARTS) is 1. The molecule has 2 rings (SSSR count). The van der Waals surface area contributed by atoms with Gasteiger partial charge in [0.1, 0.15) is 12.4 Å². The van der Waals surface area contributed by atoms with Crippen molar-refractivity contribution in [3.63, 3.8) is 0 Å². The van der Waals surface area contributed by atoms with E-state index in [0.717, 1.165) is 5.56 Å². The molecule has 0 atom stereocenters. The maximum absolute atomic E-state index is 11.7. The van der Waals surface area contributed by atoms with Crippen molar-refractivity contribution in [2.24, 2.45) is 7.05 Å². The molecular formula is C14H15N3O4. The number of ether oxygens (including phenoxy) is 1. The van der Waals surface area contributed by atoms with Crippen LogP contribution in [0, 0.1) is 6.92 Å². The molecule has 1 aromatic carbocycles. The van der Waals surface area contributed by atoms with Gasteiger partial charge in [0, 0.05) is 12.6 Å². The van der Waals surface area contributed by atoms with E-state index >= 15 is 0 Å². The van der Waals surface area contributed by atoms with Crippen LogP contribution in [0.4, 0.5) is 10.6 Å². The zero-order valence-corrected chi connectivity index (χ0v) is 11.7. The highest BCUT2D eigenvalue weighted by atomic mass is 16.5. The summed E-state index contributed by atoms with van der Waals surface area (Å²) in [7, 11) is 1.55. The van der Waals surface area contributed by atoms with Crippen LogP contribution in [0.5, 0.6) is 0 Å². The van der Waals surface area contributed by atoms with Crippen LogP contribution in [0.3, 0.4) is 0 Å². The van der Waals surface area contributed by atoms with Gasteiger partial charge in [-0.15, -0.1) is 0 Å². The lowest BCUT2D eigenvalue weighted by Crippen LogP contribution is -2.16. The standard InChI is InChI=1S/C14H15N3O4/c1-9-11(13(18)19)16-17(2)12(9)15-14(20)21-8-10-6-4-3-5-7-10/h3-7H,8H2,1-2H3,(H,15,20)(H,18,19). The van der Waals surface area contributed by atoms with E-state index in [4.69, 9.17) is 9.84 Å². The quantitative estimate of drug-likeness (QED) is 0.899. The van der Waals surface area contributed by atoms with E-state index < -0.39 is 12.1 Å². The van der Waals surface area contributed by atoms with Gasteiger partial charge in [-0.2, -0.15) is 5.10 Å². The molecule has 0 unspecified atom stereocenters. The minimum atomic E-state index is -1.14. The van der Waals surface area contributed by atoms with Crippen LogP contribution in [0.15, 0.2) is 30.3 Å². The summed E-state index contributed by atoms with van der Waals surface area (Å²) in [5.41, 5.74) is 1.14. The van der Waals surface area contributed by atoms with Crippen molar-refractivity contribution in [1.29, 1.82) is 0 Å². The van der Waals surface area contributed by atoms with Gasteiger partial charge >= 0.3 is 12.1 Å². The molecule has 1 heterocycles. The van der Waals surface area contributed by atoms with Crippen LogP contribution in [0.25, 0.3) is 0 Å². The van der Waals surface area contributed by atoms with Gasteiger partial charge in [0.15, 0.2) is 5.69 Å². The van der Waals surface area contributed by atoms with Crippen molar-refractivity contribution in [3.8, 4) is 0 Å². The highest BCUT2D eigenvalue weighted by molar-refractivity contribution is 5.91. The molecule has 7 heteroatoms. The minimum Gasteiger partial charge on any atom is -0.476 e. The first-order valence-corrected chi connectivity index (χ1v) is 6.23. The number of aryl methyl sites for hydroxylation is 1. The number of amides is 1. The van der Waals surface area contributed by atoms with Crippen molar-refractivity contribution < 1.29 is 19.4 Å². The Balaban J connectivity index is 2.02. The molecule has 110 valence electrons. The molecule has 0 bridgehead atoms. The van der Waals surface area contributed by atoms with Crippen LogP contribution >= 0.6 is 0 Å². The lowest BCUT2D eigenvalue weighted by atomic mass is 10.2. The van der Waals surface area contributed by atoms with Gasteiger partial charge in [-0.3, -0.25) is 10.00 Å².